The van der Waals surface area contributed by atoms with E-state index in [-0.39, 0.29) is 12.3 Å². The maximum absolute atomic E-state index is 12.4. The summed E-state index contributed by atoms with van der Waals surface area (Å²) in [6.07, 6.45) is 0.217. The molecule has 0 spiro atoms. The van der Waals surface area contributed by atoms with Crippen molar-refractivity contribution in [3.8, 4) is 5.75 Å². The third kappa shape index (κ3) is 5.51. The van der Waals surface area contributed by atoms with Crippen molar-refractivity contribution in [3.63, 3.8) is 0 Å². The normalized spacial score (nSPS) is 11.0. The second-order valence-electron chi connectivity index (χ2n) is 6.33. The molecule has 0 aliphatic heterocycles. The summed E-state index contributed by atoms with van der Waals surface area (Å²) in [6.45, 7) is 2.56. The van der Waals surface area contributed by atoms with Crippen LogP contribution in [0.15, 0.2) is 52.2 Å². The van der Waals surface area contributed by atoms with Crippen LogP contribution in [0.25, 0.3) is 10.2 Å². The van der Waals surface area contributed by atoms with E-state index in [1.165, 1.54) is 11.3 Å². The van der Waals surface area contributed by atoms with E-state index in [0.717, 1.165) is 42.3 Å². The number of nitrogens with zero attached hydrogens (tertiary/aromatic N) is 2. The fourth-order valence-corrected chi connectivity index (χ4v) is 5.66. The molecule has 0 atom stereocenters. The van der Waals surface area contributed by atoms with E-state index in [4.69, 9.17) is 16.3 Å². The molecule has 2 aromatic heterocycles. The highest BCUT2D eigenvalue weighted by atomic mass is 35.5. The third-order valence-electron chi connectivity index (χ3n) is 4.04. The number of ether oxygens (including phenoxy) is 1. The molecule has 5 nitrogen and oxygen atoms in total. The van der Waals surface area contributed by atoms with Crippen LogP contribution in [0.1, 0.15) is 18.2 Å². The number of halogens is 1. The van der Waals surface area contributed by atoms with Crippen molar-refractivity contribution in [3.05, 3.63) is 64.1 Å². The van der Waals surface area contributed by atoms with Gasteiger partial charge in [0.2, 0.25) is 5.91 Å². The molecule has 154 valence electrons. The second kappa shape index (κ2) is 9.78. The molecule has 2 aromatic carbocycles. The van der Waals surface area contributed by atoms with Crippen LogP contribution in [0.5, 0.6) is 5.75 Å². The molecule has 0 aliphatic carbocycles. The zero-order chi connectivity index (χ0) is 20.9. The van der Waals surface area contributed by atoms with Crippen LogP contribution in [-0.4, -0.2) is 22.5 Å². The third-order valence-corrected chi connectivity index (χ3v) is 7.35. The van der Waals surface area contributed by atoms with E-state index in [0.29, 0.717) is 11.7 Å². The van der Waals surface area contributed by atoms with Gasteiger partial charge < -0.3 is 10.1 Å². The molecule has 1 amide bonds. The van der Waals surface area contributed by atoms with Gasteiger partial charge in [-0.2, -0.15) is 0 Å². The number of amides is 1. The molecular weight excluding hydrogens is 458 g/mol. The highest BCUT2D eigenvalue weighted by Gasteiger charge is 2.12. The molecule has 4 aromatic rings. The quantitative estimate of drug-likeness (QED) is 0.304. The molecule has 0 radical (unpaired) electrons. The number of thiazole rings is 2. The first kappa shape index (κ1) is 21.1. The number of carbonyl (C=O) groups excluding carboxylic acids is 1. The van der Waals surface area contributed by atoms with Gasteiger partial charge in [-0.25, -0.2) is 9.97 Å². The zero-order valence-electron chi connectivity index (χ0n) is 16.1. The number of carbonyl (C=O) groups is 1. The highest BCUT2D eigenvalue weighted by Crippen LogP contribution is 2.30. The predicted molar refractivity (Wildman–Crippen MR) is 126 cm³/mol. The Morgan fingerprint density at radius 1 is 1.23 bits per heavy atom. The summed E-state index contributed by atoms with van der Waals surface area (Å²) in [5.74, 6) is 1.46. The topological polar surface area (TPSA) is 64.1 Å². The van der Waals surface area contributed by atoms with Crippen molar-refractivity contribution < 1.29 is 9.53 Å². The Labute approximate surface area is 191 Å². The number of rotatable bonds is 8. The highest BCUT2D eigenvalue weighted by molar-refractivity contribution is 8.00. The molecule has 0 fully saturated rings. The summed E-state index contributed by atoms with van der Waals surface area (Å²) < 4.78 is 7.42. The van der Waals surface area contributed by atoms with Crippen molar-refractivity contribution in [2.24, 2.45) is 0 Å². The maximum Gasteiger partial charge on any atom is 0.232 e. The fraction of sp³-hybridized carbons (Fsp3) is 0.190. The summed E-state index contributed by atoms with van der Waals surface area (Å²) in [7, 11) is 0. The standard InChI is InChI=1S/C21H18ClN3O2S3/c1-2-27-16-6-7-17-18(10-16)30-20(24-17)25-19(26)9-15-12-29-21(23-15)28-11-13-4-3-5-14(22)8-13/h3-8,10,12H,2,9,11H2,1H3,(H,24,25,26). The lowest BCUT2D eigenvalue weighted by Crippen LogP contribution is -2.14. The summed E-state index contributed by atoms with van der Waals surface area (Å²) in [5.41, 5.74) is 2.74. The monoisotopic (exact) mass is 475 g/mol. The Morgan fingerprint density at radius 2 is 2.13 bits per heavy atom. The lowest BCUT2D eigenvalue weighted by Gasteiger charge is -2.00. The molecular formula is C21H18ClN3O2S3. The van der Waals surface area contributed by atoms with Crippen molar-refractivity contribution >= 4 is 67.3 Å². The molecule has 1 N–H and O–H groups in total. The molecule has 9 heteroatoms. The Kier molecular flexibility index (Phi) is 6.89. The van der Waals surface area contributed by atoms with E-state index in [1.54, 1.807) is 23.1 Å². The van der Waals surface area contributed by atoms with Gasteiger partial charge in [0.15, 0.2) is 5.13 Å². The van der Waals surface area contributed by atoms with Crippen LogP contribution in [0.2, 0.25) is 5.02 Å². The van der Waals surface area contributed by atoms with Gasteiger partial charge in [0.1, 0.15) is 10.1 Å². The van der Waals surface area contributed by atoms with Crippen molar-refractivity contribution in [1.82, 2.24) is 9.97 Å². The van der Waals surface area contributed by atoms with E-state index >= 15 is 0 Å². The molecule has 0 aliphatic rings. The van der Waals surface area contributed by atoms with Crippen LogP contribution in [0.3, 0.4) is 0 Å². The van der Waals surface area contributed by atoms with E-state index in [2.05, 4.69) is 15.3 Å². The SMILES string of the molecule is CCOc1ccc2nc(NC(=O)Cc3csc(SCc4cccc(Cl)c4)n3)sc2c1. The zero-order valence-corrected chi connectivity index (χ0v) is 19.3. The van der Waals surface area contributed by atoms with E-state index < -0.39 is 0 Å². The van der Waals surface area contributed by atoms with Gasteiger partial charge in [-0.05, 0) is 42.8 Å². The predicted octanol–water partition coefficient (Wildman–Crippen LogP) is 6.28. The number of hydrogen-bond acceptors (Lipinski definition) is 7. The molecule has 0 saturated carbocycles. The van der Waals surface area contributed by atoms with Crippen molar-refractivity contribution in [2.75, 3.05) is 11.9 Å². The van der Waals surface area contributed by atoms with E-state index in [9.17, 15) is 4.79 Å². The molecule has 2 heterocycles. The van der Waals surface area contributed by atoms with E-state index in [1.807, 2.05) is 54.8 Å². The first-order valence-electron chi connectivity index (χ1n) is 9.24. The minimum absolute atomic E-state index is 0.129. The fourth-order valence-electron chi connectivity index (χ4n) is 2.75. The number of benzene rings is 2. The number of anilines is 1. The van der Waals surface area contributed by atoms with Crippen LogP contribution < -0.4 is 10.1 Å². The van der Waals surface area contributed by atoms with Gasteiger partial charge in [-0.1, -0.05) is 46.8 Å². The summed E-state index contributed by atoms with van der Waals surface area (Å²) >= 11 is 10.6. The maximum atomic E-state index is 12.4. The first-order chi connectivity index (χ1) is 14.6. The van der Waals surface area contributed by atoms with Crippen LogP contribution in [0.4, 0.5) is 5.13 Å². The number of aromatic nitrogens is 2. The van der Waals surface area contributed by atoms with Crippen LogP contribution >= 0.6 is 46.0 Å². The van der Waals surface area contributed by atoms with Gasteiger partial charge in [0.25, 0.3) is 0 Å². The largest absolute Gasteiger partial charge is 0.494 e. The Hall–Kier alpha value is -2.13. The van der Waals surface area contributed by atoms with Gasteiger partial charge in [0.05, 0.1) is 28.9 Å². The molecule has 0 saturated heterocycles. The van der Waals surface area contributed by atoms with Gasteiger partial charge >= 0.3 is 0 Å². The lowest BCUT2D eigenvalue weighted by atomic mass is 10.2. The number of thioether (sulfide) groups is 1. The van der Waals surface area contributed by atoms with Crippen molar-refractivity contribution in [1.29, 1.82) is 0 Å². The summed E-state index contributed by atoms with van der Waals surface area (Å²) in [4.78, 5) is 21.5. The minimum Gasteiger partial charge on any atom is -0.494 e. The molecule has 4 rings (SSSR count). The van der Waals surface area contributed by atoms with Crippen LogP contribution in [-0.2, 0) is 17.0 Å². The van der Waals surface area contributed by atoms with Crippen LogP contribution in [0, 0.1) is 0 Å². The van der Waals surface area contributed by atoms with Gasteiger partial charge in [-0.3, -0.25) is 4.79 Å². The average molecular weight is 476 g/mol. The number of nitrogens with one attached hydrogen (secondary N) is 1. The molecule has 0 unspecified atom stereocenters. The number of fused-ring (bicyclic) bond motifs is 1. The summed E-state index contributed by atoms with van der Waals surface area (Å²) in [5, 5.41) is 6.11. The Bertz CT molecular complexity index is 1180. The molecule has 0 bridgehead atoms. The lowest BCUT2D eigenvalue weighted by molar-refractivity contribution is -0.115. The average Bonchev–Trinajstić information content (AvgIpc) is 3.32. The first-order valence-corrected chi connectivity index (χ1v) is 12.3. The van der Waals surface area contributed by atoms with Gasteiger partial charge in [-0.15, -0.1) is 11.3 Å². The summed E-state index contributed by atoms with van der Waals surface area (Å²) in [6, 6.07) is 13.5. The van der Waals surface area contributed by atoms with Gasteiger partial charge in [0, 0.05) is 16.2 Å². The Balaban J connectivity index is 1.33. The number of hydrogen-bond donors (Lipinski definition) is 1. The van der Waals surface area contributed by atoms with Crippen molar-refractivity contribution in [2.45, 2.75) is 23.4 Å². The Morgan fingerprint density at radius 3 is 2.97 bits per heavy atom. The minimum atomic E-state index is -0.129. The second-order valence-corrected chi connectivity index (χ2v) is 9.88. The smallest absolute Gasteiger partial charge is 0.232 e. The molecule has 30 heavy (non-hydrogen) atoms.